The molecular formula is C16H17BrFNO2. The average Bonchev–Trinajstić information content (AvgIpc) is 2.50. The predicted octanol–water partition coefficient (Wildman–Crippen LogP) is 3.91. The van der Waals surface area contributed by atoms with Crippen LogP contribution in [-0.2, 0) is 0 Å². The summed E-state index contributed by atoms with van der Waals surface area (Å²) in [5, 5.41) is 3.14. The van der Waals surface area contributed by atoms with Crippen LogP contribution in [0.1, 0.15) is 17.2 Å². The number of rotatable bonds is 5. The van der Waals surface area contributed by atoms with E-state index in [9.17, 15) is 4.39 Å². The van der Waals surface area contributed by atoms with Crippen molar-refractivity contribution in [3.05, 3.63) is 57.8 Å². The minimum Gasteiger partial charge on any atom is -0.497 e. The van der Waals surface area contributed by atoms with Crippen LogP contribution in [0.15, 0.2) is 40.9 Å². The van der Waals surface area contributed by atoms with Crippen LogP contribution >= 0.6 is 15.9 Å². The van der Waals surface area contributed by atoms with Gasteiger partial charge in [-0.3, -0.25) is 0 Å². The third-order valence-corrected chi connectivity index (χ3v) is 4.01. The smallest absolute Gasteiger partial charge is 0.132 e. The van der Waals surface area contributed by atoms with Crippen molar-refractivity contribution in [2.75, 3.05) is 21.3 Å². The largest absolute Gasteiger partial charge is 0.497 e. The van der Waals surface area contributed by atoms with Gasteiger partial charge in [-0.1, -0.05) is 28.1 Å². The maximum Gasteiger partial charge on any atom is 0.132 e. The predicted molar refractivity (Wildman–Crippen MR) is 84.5 cm³/mol. The minimum absolute atomic E-state index is 0.267. The molecular weight excluding hydrogens is 337 g/mol. The van der Waals surface area contributed by atoms with Crippen molar-refractivity contribution in [2.45, 2.75) is 6.04 Å². The van der Waals surface area contributed by atoms with Gasteiger partial charge in [0.15, 0.2) is 0 Å². The van der Waals surface area contributed by atoms with Gasteiger partial charge in [-0.15, -0.1) is 0 Å². The third kappa shape index (κ3) is 3.36. The van der Waals surface area contributed by atoms with Crippen LogP contribution in [0, 0.1) is 5.82 Å². The van der Waals surface area contributed by atoms with Gasteiger partial charge in [0.05, 0.1) is 20.3 Å². The first kappa shape index (κ1) is 15.8. The average molecular weight is 354 g/mol. The molecule has 0 bridgehead atoms. The third-order valence-electron chi connectivity index (χ3n) is 3.33. The number of nitrogens with one attached hydrogen (secondary N) is 1. The van der Waals surface area contributed by atoms with Gasteiger partial charge in [0, 0.05) is 16.1 Å². The van der Waals surface area contributed by atoms with Crippen molar-refractivity contribution >= 4 is 15.9 Å². The highest BCUT2D eigenvalue weighted by Gasteiger charge is 2.19. The molecule has 0 amide bonds. The van der Waals surface area contributed by atoms with Crippen LogP contribution in [-0.4, -0.2) is 21.3 Å². The molecule has 0 fully saturated rings. The Kier molecular flexibility index (Phi) is 5.20. The lowest BCUT2D eigenvalue weighted by atomic mass is 9.98. The van der Waals surface area contributed by atoms with E-state index in [1.165, 1.54) is 13.2 Å². The number of halogens is 2. The molecule has 2 aromatic rings. The van der Waals surface area contributed by atoms with Gasteiger partial charge in [0.1, 0.15) is 17.3 Å². The maximum atomic E-state index is 14.3. The highest BCUT2D eigenvalue weighted by Crippen LogP contribution is 2.33. The molecule has 1 N–H and O–H groups in total. The van der Waals surface area contributed by atoms with Crippen molar-refractivity contribution < 1.29 is 13.9 Å². The second-order valence-electron chi connectivity index (χ2n) is 4.50. The van der Waals surface area contributed by atoms with E-state index in [-0.39, 0.29) is 11.9 Å². The molecule has 0 spiro atoms. The van der Waals surface area contributed by atoms with Gasteiger partial charge in [-0.25, -0.2) is 4.39 Å². The van der Waals surface area contributed by atoms with Crippen molar-refractivity contribution in [3.63, 3.8) is 0 Å². The Morgan fingerprint density at radius 2 is 1.57 bits per heavy atom. The topological polar surface area (TPSA) is 30.5 Å². The Morgan fingerprint density at radius 1 is 1.00 bits per heavy atom. The Morgan fingerprint density at radius 3 is 2.05 bits per heavy atom. The Hall–Kier alpha value is -1.59. The fraction of sp³-hybridized carbons (Fsp3) is 0.250. The summed E-state index contributed by atoms with van der Waals surface area (Å²) in [6, 6.07) is 10.2. The first-order valence-corrected chi connectivity index (χ1v) is 7.24. The minimum atomic E-state index is -0.309. The summed E-state index contributed by atoms with van der Waals surface area (Å²) in [5.41, 5.74) is 1.49. The Labute approximate surface area is 132 Å². The second kappa shape index (κ2) is 6.91. The van der Waals surface area contributed by atoms with E-state index >= 15 is 0 Å². The molecule has 0 aliphatic heterocycles. The van der Waals surface area contributed by atoms with Crippen LogP contribution in [0.25, 0.3) is 0 Å². The van der Waals surface area contributed by atoms with E-state index in [0.29, 0.717) is 11.3 Å². The highest BCUT2D eigenvalue weighted by atomic mass is 79.9. The van der Waals surface area contributed by atoms with Gasteiger partial charge in [-0.05, 0) is 30.8 Å². The van der Waals surface area contributed by atoms with Crippen molar-refractivity contribution in [1.82, 2.24) is 5.32 Å². The fourth-order valence-electron chi connectivity index (χ4n) is 2.22. The van der Waals surface area contributed by atoms with Gasteiger partial charge in [0.2, 0.25) is 0 Å². The number of ether oxygens (including phenoxy) is 2. The van der Waals surface area contributed by atoms with Crippen LogP contribution in [0.3, 0.4) is 0 Å². The number of hydrogen-bond acceptors (Lipinski definition) is 3. The first-order chi connectivity index (χ1) is 10.1. The molecule has 1 unspecified atom stereocenters. The molecule has 2 rings (SSSR count). The molecule has 0 saturated carbocycles. The SMILES string of the molecule is CNC(c1ccc(OC)cc1F)c1ccc(OC)cc1Br. The summed E-state index contributed by atoms with van der Waals surface area (Å²) in [6.07, 6.45) is 0. The van der Waals surface area contributed by atoms with E-state index in [2.05, 4.69) is 21.2 Å². The zero-order chi connectivity index (χ0) is 15.4. The lowest BCUT2D eigenvalue weighted by Gasteiger charge is -2.20. The lowest BCUT2D eigenvalue weighted by molar-refractivity contribution is 0.410. The molecule has 5 heteroatoms. The molecule has 0 saturated heterocycles. The summed E-state index contributed by atoms with van der Waals surface area (Å²) in [7, 11) is 4.93. The second-order valence-corrected chi connectivity index (χ2v) is 5.35. The zero-order valence-electron chi connectivity index (χ0n) is 12.1. The number of methoxy groups -OCH3 is 2. The summed E-state index contributed by atoms with van der Waals surface area (Å²) < 4.78 is 25.4. The maximum absolute atomic E-state index is 14.3. The molecule has 0 heterocycles. The van der Waals surface area contributed by atoms with Crippen LogP contribution in [0.4, 0.5) is 4.39 Å². The van der Waals surface area contributed by atoms with E-state index < -0.39 is 0 Å². The highest BCUT2D eigenvalue weighted by molar-refractivity contribution is 9.10. The van der Waals surface area contributed by atoms with Crippen LogP contribution in [0.2, 0.25) is 0 Å². The molecule has 0 aliphatic carbocycles. The van der Waals surface area contributed by atoms with E-state index in [0.717, 1.165) is 15.8 Å². The van der Waals surface area contributed by atoms with Gasteiger partial charge < -0.3 is 14.8 Å². The van der Waals surface area contributed by atoms with Gasteiger partial charge in [-0.2, -0.15) is 0 Å². The quantitative estimate of drug-likeness (QED) is 0.883. The molecule has 1 atom stereocenters. The zero-order valence-corrected chi connectivity index (χ0v) is 13.7. The molecule has 0 aromatic heterocycles. The molecule has 0 aliphatic rings. The summed E-state index contributed by atoms with van der Waals surface area (Å²) in [6.45, 7) is 0. The van der Waals surface area contributed by atoms with Crippen molar-refractivity contribution in [2.24, 2.45) is 0 Å². The van der Waals surface area contributed by atoms with Gasteiger partial charge >= 0.3 is 0 Å². The fourth-order valence-corrected chi connectivity index (χ4v) is 2.80. The number of benzene rings is 2. The Bertz CT molecular complexity index is 580. The van der Waals surface area contributed by atoms with E-state index in [1.807, 2.05) is 18.2 Å². The normalized spacial score (nSPS) is 12.0. The van der Waals surface area contributed by atoms with Crippen LogP contribution < -0.4 is 14.8 Å². The molecule has 0 radical (unpaired) electrons. The first-order valence-electron chi connectivity index (χ1n) is 6.44. The standard InChI is InChI=1S/C16H17BrFNO2/c1-19-16(12-6-4-10(20-2)8-14(12)17)13-7-5-11(21-3)9-15(13)18/h4-9,16,19H,1-3H3. The molecule has 112 valence electrons. The summed E-state index contributed by atoms with van der Waals surface area (Å²) in [5.74, 6) is 0.937. The van der Waals surface area contributed by atoms with Crippen molar-refractivity contribution in [1.29, 1.82) is 0 Å². The van der Waals surface area contributed by atoms with Crippen molar-refractivity contribution in [3.8, 4) is 11.5 Å². The number of hydrogen-bond donors (Lipinski definition) is 1. The lowest BCUT2D eigenvalue weighted by Crippen LogP contribution is -2.19. The van der Waals surface area contributed by atoms with Gasteiger partial charge in [0.25, 0.3) is 0 Å². The monoisotopic (exact) mass is 353 g/mol. The van der Waals surface area contributed by atoms with E-state index in [1.54, 1.807) is 26.3 Å². The molecule has 3 nitrogen and oxygen atoms in total. The molecule has 21 heavy (non-hydrogen) atoms. The summed E-state index contributed by atoms with van der Waals surface area (Å²) in [4.78, 5) is 0. The Balaban J connectivity index is 2.44. The van der Waals surface area contributed by atoms with E-state index in [4.69, 9.17) is 9.47 Å². The van der Waals surface area contributed by atoms with Crippen LogP contribution in [0.5, 0.6) is 11.5 Å². The molecule has 2 aromatic carbocycles. The summed E-state index contributed by atoms with van der Waals surface area (Å²) >= 11 is 3.51.